The summed E-state index contributed by atoms with van der Waals surface area (Å²) in [6.07, 6.45) is 7.44. The van der Waals surface area contributed by atoms with Gasteiger partial charge in [0.25, 0.3) is 5.56 Å². The molecule has 0 unspecified atom stereocenters. The Hall–Kier alpha value is -0.830. The zero-order valence-electron chi connectivity index (χ0n) is 9.53. The predicted molar refractivity (Wildman–Crippen MR) is 64.8 cm³/mol. The van der Waals surface area contributed by atoms with Gasteiger partial charge in [-0.15, -0.1) is 0 Å². The molecule has 1 aliphatic carbocycles. The van der Waals surface area contributed by atoms with E-state index in [1.54, 1.807) is 10.9 Å². The van der Waals surface area contributed by atoms with Crippen LogP contribution in [0.2, 0.25) is 5.15 Å². The van der Waals surface area contributed by atoms with Gasteiger partial charge < -0.3 is 0 Å². The summed E-state index contributed by atoms with van der Waals surface area (Å²) < 4.78 is 1.73. The van der Waals surface area contributed by atoms with Gasteiger partial charge in [0, 0.05) is 12.1 Å². The lowest BCUT2D eigenvalue weighted by atomic mass is 9.84. The van der Waals surface area contributed by atoms with Gasteiger partial charge in [0.15, 0.2) is 0 Å². The van der Waals surface area contributed by atoms with Gasteiger partial charge in [-0.05, 0) is 31.6 Å². The van der Waals surface area contributed by atoms with E-state index in [-0.39, 0.29) is 10.7 Å². The maximum atomic E-state index is 11.7. The van der Waals surface area contributed by atoms with Crippen LogP contribution in [-0.2, 0) is 0 Å². The Kier molecular flexibility index (Phi) is 3.64. The molecule has 4 heteroatoms. The molecule has 1 aromatic rings. The molecule has 16 heavy (non-hydrogen) atoms. The fourth-order valence-electron chi connectivity index (χ4n) is 2.49. The van der Waals surface area contributed by atoms with Crippen molar-refractivity contribution in [2.24, 2.45) is 5.92 Å². The third kappa shape index (κ3) is 2.46. The molecule has 1 heterocycles. The van der Waals surface area contributed by atoms with Crippen LogP contribution in [0.3, 0.4) is 0 Å². The minimum absolute atomic E-state index is 0.0278. The van der Waals surface area contributed by atoms with Crippen LogP contribution in [0.4, 0.5) is 0 Å². The molecular formula is C12H17ClN2O. The van der Waals surface area contributed by atoms with Gasteiger partial charge in [0.1, 0.15) is 5.15 Å². The first-order valence-corrected chi connectivity index (χ1v) is 6.32. The van der Waals surface area contributed by atoms with Gasteiger partial charge in [-0.1, -0.05) is 24.9 Å². The van der Waals surface area contributed by atoms with Gasteiger partial charge in [0.05, 0.1) is 6.33 Å². The second-order valence-electron chi connectivity index (χ2n) is 4.54. The summed E-state index contributed by atoms with van der Waals surface area (Å²) in [5.41, 5.74) is -0.0278. The van der Waals surface area contributed by atoms with Crippen LogP contribution in [0, 0.1) is 5.92 Å². The van der Waals surface area contributed by atoms with Crippen molar-refractivity contribution in [3.63, 3.8) is 0 Å². The lowest BCUT2D eigenvalue weighted by molar-refractivity contribution is 0.264. The van der Waals surface area contributed by atoms with E-state index >= 15 is 0 Å². The zero-order valence-corrected chi connectivity index (χ0v) is 10.3. The molecule has 0 spiro atoms. The highest BCUT2D eigenvalue weighted by molar-refractivity contribution is 6.29. The first-order chi connectivity index (χ1) is 7.70. The minimum Gasteiger partial charge on any atom is -0.296 e. The van der Waals surface area contributed by atoms with Gasteiger partial charge in [-0.3, -0.25) is 9.36 Å². The van der Waals surface area contributed by atoms with Crippen LogP contribution in [0.5, 0.6) is 0 Å². The number of rotatable bonds is 2. The zero-order chi connectivity index (χ0) is 11.5. The van der Waals surface area contributed by atoms with E-state index in [2.05, 4.69) is 11.9 Å². The lowest BCUT2D eigenvalue weighted by Crippen LogP contribution is -2.27. The average Bonchev–Trinajstić information content (AvgIpc) is 2.29. The smallest absolute Gasteiger partial charge is 0.255 e. The molecule has 2 rings (SSSR count). The Bertz CT molecular complexity index is 408. The summed E-state index contributed by atoms with van der Waals surface area (Å²) in [6.45, 7) is 2.24. The molecule has 1 fully saturated rings. The van der Waals surface area contributed by atoms with E-state index in [0.29, 0.717) is 6.04 Å². The van der Waals surface area contributed by atoms with Crippen molar-refractivity contribution in [3.05, 3.63) is 27.9 Å². The van der Waals surface area contributed by atoms with Crippen LogP contribution < -0.4 is 5.56 Å². The second kappa shape index (κ2) is 5.00. The van der Waals surface area contributed by atoms with Crippen molar-refractivity contribution in [1.29, 1.82) is 0 Å². The largest absolute Gasteiger partial charge is 0.296 e. The Morgan fingerprint density at radius 1 is 1.44 bits per heavy atom. The SMILES string of the molecule is CCC1CCC(n2cnc(Cl)cc2=O)CC1. The van der Waals surface area contributed by atoms with E-state index < -0.39 is 0 Å². The van der Waals surface area contributed by atoms with E-state index in [9.17, 15) is 4.79 Å². The highest BCUT2D eigenvalue weighted by atomic mass is 35.5. The van der Waals surface area contributed by atoms with Gasteiger partial charge >= 0.3 is 0 Å². The predicted octanol–water partition coefficient (Wildman–Crippen LogP) is 3.04. The first-order valence-electron chi connectivity index (χ1n) is 5.94. The Morgan fingerprint density at radius 3 is 2.69 bits per heavy atom. The standard InChI is InChI=1S/C12H17ClN2O/c1-2-9-3-5-10(6-4-9)15-8-14-11(13)7-12(15)16/h7-10H,2-6H2,1H3. The quantitative estimate of drug-likeness (QED) is 0.745. The summed E-state index contributed by atoms with van der Waals surface area (Å²) in [6, 6.07) is 1.72. The molecule has 3 nitrogen and oxygen atoms in total. The van der Waals surface area contributed by atoms with Crippen molar-refractivity contribution in [3.8, 4) is 0 Å². The number of halogens is 1. The summed E-state index contributed by atoms with van der Waals surface area (Å²) >= 11 is 5.68. The molecule has 0 N–H and O–H groups in total. The minimum atomic E-state index is -0.0278. The van der Waals surface area contributed by atoms with Crippen molar-refractivity contribution in [2.75, 3.05) is 0 Å². The topological polar surface area (TPSA) is 34.9 Å². The third-order valence-electron chi connectivity index (χ3n) is 3.59. The fourth-order valence-corrected chi connectivity index (χ4v) is 2.63. The van der Waals surface area contributed by atoms with Crippen LogP contribution in [-0.4, -0.2) is 9.55 Å². The van der Waals surface area contributed by atoms with Crippen molar-refractivity contribution < 1.29 is 0 Å². The number of nitrogens with zero attached hydrogens (tertiary/aromatic N) is 2. The first kappa shape index (κ1) is 11.6. The van der Waals surface area contributed by atoms with Crippen molar-refractivity contribution >= 4 is 11.6 Å². The number of hydrogen-bond acceptors (Lipinski definition) is 2. The highest BCUT2D eigenvalue weighted by Gasteiger charge is 2.21. The van der Waals surface area contributed by atoms with Crippen LogP contribution in [0.1, 0.15) is 45.1 Å². The molecule has 1 aliphatic rings. The molecule has 88 valence electrons. The van der Waals surface area contributed by atoms with Crippen LogP contribution in [0.15, 0.2) is 17.2 Å². The molecule has 0 bridgehead atoms. The van der Waals surface area contributed by atoms with Gasteiger partial charge in [0.2, 0.25) is 0 Å². The monoisotopic (exact) mass is 240 g/mol. The molecule has 0 saturated heterocycles. The van der Waals surface area contributed by atoms with Gasteiger partial charge in [-0.2, -0.15) is 0 Å². The molecule has 0 amide bonds. The lowest BCUT2D eigenvalue weighted by Gasteiger charge is -2.28. The number of aromatic nitrogens is 2. The molecule has 0 radical (unpaired) electrons. The summed E-state index contributed by atoms with van der Waals surface area (Å²) in [5.74, 6) is 0.840. The summed E-state index contributed by atoms with van der Waals surface area (Å²) in [7, 11) is 0. The molecule has 1 aromatic heterocycles. The molecule has 0 aromatic carbocycles. The third-order valence-corrected chi connectivity index (χ3v) is 3.80. The van der Waals surface area contributed by atoms with E-state index in [1.165, 1.54) is 25.3 Å². The Balaban J connectivity index is 2.11. The van der Waals surface area contributed by atoms with E-state index in [1.807, 2.05) is 0 Å². The second-order valence-corrected chi connectivity index (χ2v) is 4.93. The molecular weight excluding hydrogens is 224 g/mol. The maximum Gasteiger partial charge on any atom is 0.255 e. The maximum absolute atomic E-state index is 11.7. The average molecular weight is 241 g/mol. The Labute approximate surface area is 100 Å². The normalized spacial score (nSPS) is 25.6. The van der Waals surface area contributed by atoms with Crippen molar-refractivity contribution in [2.45, 2.75) is 45.1 Å². The fraction of sp³-hybridized carbons (Fsp3) is 0.667. The van der Waals surface area contributed by atoms with Crippen LogP contribution in [0.25, 0.3) is 0 Å². The summed E-state index contributed by atoms with van der Waals surface area (Å²) in [4.78, 5) is 15.7. The number of hydrogen-bond donors (Lipinski definition) is 0. The van der Waals surface area contributed by atoms with Crippen LogP contribution >= 0.6 is 11.6 Å². The molecule has 1 saturated carbocycles. The molecule has 0 atom stereocenters. The Morgan fingerprint density at radius 2 is 2.12 bits per heavy atom. The highest BCUT2D eigenvalue weighted by Crippen LogP contribution is 2.32. The van der Waals surface area contributed by atoms with Gasteiger partial charge in [-0.25, -0.2) is 4.98 Å². The van der Waals surface area contributed by atoms with Crippen molar-refractivity contribution in [1.82, 2.24) is 9.55 Å². The van der Waals surface area contributed by atoms with E-state index in [4.69, 9.17) is 11.6 Å². The summed E-state index contributed by atoms with van der Waals surface area (Å²) in [5, 5.41) is 0.281. The molecule has 0 aliphatic heterocycles. The van der Waals surface area contributed by atoms with E-state index in [0.717, 1.165) is 18.8 Å².